The van der Waals surface area contributed by atoms with Gasteiger partial charge in [-0.15, -0.1) is 0 Å². The predicted molar refractivity (Wildman–Crippen MR) is 104 cm³/mol. The number of nitrogens with zero attached hydrogens (tertiary/aromatic N) is 1. The summed E-state index contributed by atoms with van der Waals surface area (Å²) in [6.07, 6.45) is 2.82. The first-order chi connectivity index (χ1) is 12.9. The minimum absolute atomic E-state index is 0.345. The third-order valence-corrected chi connectivity index (χ3v) is 4.77. The Morgan fingerprint density at radius 2 is 1.78 bits per heavy atom. The molecule has 1 aromatic carbocycles. The van der Waals surface area contributed by atoms with Crippen molar-refractivity contribution in [1.29, 1.82) is 0 Å². The van der Waals surface area contributed by atoms with Gasteiger partial charge in [0.05, 0.1) is 0 Å². The van der Waals surface area contributed by atoms with Crippen molar-refractivity contribution in [3.8, 4) is 0 Å². The first-order valence-electron chi connectivity index (χ1n) is 9.38. The van der Waals surface area contributed by atoms with Gasteiger partial charge >= 0.3 is 5.97 Å². The monoisotopic (exact) mass is 370 g/mol. The zero-order valence-electron chi connectivity index (χ0n) is 16.1. The average Bonchev–Trinajstić information content (AvgIpc) is 3.01. The molecule has 3 rings (SSSR count). The molecule has 144 valence electrons. The van der Waals surface area contributed by atoms with Crippen LogP contribution in [0.2, 0.25) is 0 Å². The molecule has 2 heterocycles. The van der Waals surface area contributed by atoms with E-state index in [-0.39, 0.29) is 5.91 Å². The van der Waals surface area contributed by atoms with E-state index in [0.717, 1.165) is 18.8 Å². The molecular formula is C21H26N2O4. The van der Waals surface area contributed by atoms with E-state index in [1.807, 2.05) is 24.3 Å². The normalized spacial score (nSPS) is 15.3. The topological polar surface area (TPSA) is 71.8 Å². The molecule has 1 aliphatic rings. The molecule has 0 unspecified atom stereocenters. The highest BCUT2D eigenvalue weighted by molar-refractivity contribution is 5.97. The number of amides is 1. The summed E-state index contributed by atoms with van der Waals surface area (Å²) in [5.74, 6) is 0.183. The summed E-state index contributed by atoms with van der Waals surface area (Å²) >= 11 is 0. The van der Waals surface area contributed by atoms with E-state index in [4.69, 9.17) is 9.15 Å². The number of esters is 1. The van der Waals surface area contributed by atoms with Gasteiger partial charge in [0.2, 0.25) is 0 Å². The molecule has 2 aromatic rings. The number of piperidine rings is 1. The first-order valence-corrected chi connectivity index (χ1v) is 9.38. The lowest BCUT2D eigenvalue weighted by molar-refractivity contribution is -0.123. The summed E-state index contributed by atoms with van der Waals surface area (Å²) in [5.41, 5.74) is 2.19. The van der Waals surface area contributed by atoms with Crippen LogP contribution in [0.3, 0.4) is 0 Å². The zero-order chi connectivity index (χ0) is 19.4. The number of aryl methyl sites for hydroxylation is 2. The number of ether oxygens (including phenoxy) is 1. The van der Waals surface area contributed by atoms with E-state index in [9.17, 15) is 9.59 Å². The Balaban J connectivity index is 1.56. The molecule has 6 heteroatoms. The van der Waals surface area contributed by atoms with E-state index >= 15 is 0 Å². The minimum Gasteiger partial charge on any atom is -0.466 e. The molecule has 1 aliphatic heterocycles. The van der Waals surface area contributed by atoms with E-state index in [2.05, 4.69) is 10.2 Å². The molecule has 27 heavy (non-hydrogen) atoms. The van der Waals surface area contributed by atoms with Gasteiger partial charge in [0.1, 0.15) is 17.1 Å². The van der Waals surface area contributed by atoms with Gasteiger partial charge in [-0.25, -0.2) is 4.79 Å². The van der Waals surface area contributed by atoms with Crippen molar-refractivity contribution in [3.05, 3.63) is 47.4 Å². The Morgan fingerprint density at radius 3 is 2.37 bits per heavy atom. The highest BCUT2D eigenvalue weighted by Gasteiger charge is 2.22. The molecule has 1 N–H and O–H groups in total. The van der Waals surface area contributed by atoms with Crippen LogP contribution in [-0.4, -0.2) is 31.1 Å². The van der Waals surface area contributed by atoms with Crippen LogP contribution in [0.1, 0.15) is 48.1 Å². The van der Waals surface area contributed by atoms with Crippen molar-refractivity contribution in [2.24, 2.45) is 0 Å². The molecular weight excluding hydrogens is 344 g/mol. The zero-order valence-corrected chi connectivity index (χ0v) is 16.1. The lowest BCUT2D eigenvalue weighted by atomic mass is 10.1. The van der Waals surface area contributed by atoms with Gasteiger partial charge in [-0.2, -0.15) is 0 Å². The SMILES string of the molecule is Cc1cc(C(=O)O[C@H](C)C(=O)Nc2ccc(N3CCCCC3)cc2)c(C)o1. The third kappa shape index (κ3) is 4.70. The van der Waals surface area contributed by atoms with Gasteiger partial charge in [0.15, 0.2) is 6.10 Å². The second-order valence-electron chi connectivity index (χ2n) is 6.96. The summed E-state index contributed by atoms with van der Waals surface area (Å²) in [7, 11) is 0. The molecule has 0 spiro atoms. The van der Waals surface area contributed by atoms with Crippen LogP contribution in [0, 0.1) is 13.8 Å². The number of benzene rings is 1. The van der Waals surface area contributed by atoms with Crippen LogP contribution >= 0.6 is 0 Å². The van der Waals surface area contributed by atoms with Crippen LogP contribution < -0.4 is 10.2 Å². The molecule has 0 bridgehead atoms. The van der Waals surface area contributed by atoms with Gasteiger partial charge in [-0.3, -0.25) is 4.79 Å². The van der Waals surface area contributed by atoms with Crippen molar-refractivity contribution in [3.63, 3.8) is 0 Å². The van der Waals surface area contributed by atoms with Crippen molar-refractivity contribution in [2.75, 3.05) is 23.3 Å². The van der Waals surface area contributed by atoms with Crippen LogP contribution in [0.15, 0.2) is 34.7 Å². The van der Waals surface area contributed by atoms with Gasteiger partial charge in [0.25, 0.3) is 5.91 Å². The Bertz CT molecular complexity index is 804. The highest BCUT2D eigenvalue weighted by Crippen LogP contribution is 2.22. The van der Waals surface area contributed by atoms with Crippen molar-refractivity contribution >= 4 is 23.3 Å². The Hall–Kier alpha value is -2.76. The Labute approximate surface area is 159 Å². The molecule has 0 saturated carbocycles. The molecule has 1 fully saturated rings. The van der Waals surface area contributed by atoms with Crippen LogP contribution in [0.25, 0.3) is 0 Å². The summed E-state index contributed by atoms with van der Waals surface area (Å²) in [6.45, 7) is 7.15. The predicted octanol–water partition coefficient (Wildman–Crippen LogP) is 4.07. The van der Waals surface area contributed by atoms with Gasteiger partial charge in [-0.1, -0.05) is 0 Å². The standard InChI is InChI=1S/C21H26N2O4/c1-14-13-19(15(2)26-14)21(25)27-16(3)20(24)22-17-7-9-18(10-8-17)23-11-5-4-6-12-23/h7-10,13,16H,4-6,11-12H2,1-3H3,(H,22,24)/t16-/m1/s1. The Kier molecular flexibility index (Phi) is 5.84. The van der Waals surface area contributed by atoms with Crippen LogP contribution in [0.5, 0.6) is 0 Å². The van der Waals surface area contributed by atoms with E-state index in [1.54, 1.807) is 26.8 Å². The van der Waals surface area contributed by atoms with Crippen molar-refractivity contribution in [2.45, 2.75) is 46.1 Å². The molecule has 6 nitrogen and oxygen atoms in total. The molecule has 1 aromatic heterocycles. The van der Waals surface area contributed by atoms with Crippen molar-refractivity contribution in [1.82, 2.24) is 0 Å². The smallest absolute Gasteiger partial charge is 0.342 e. The maximum atomic E-state index is 12.3. The molecule has 1 atom stereocenters. The van der Waals surface area contributed by atoms with Crippen LogP contribution in [0.4, 0.5) is 11.4 Å². The molecule has 0 aliphatic carbocycles. The van der Waals surface area contributed by atoms with E-state index in [0.29, 0.717) is 22.8 Å². The number of carbonyl (C=O) groups excluding carboxylic acids is 2. The van der Waals surface area contributed by atoms with E-state index in [1.165, 1.54) is 19.3 Å². The largest absolute Gasteiger partial charge is 0.466 e. The average molecular weight is 370 g/mol. The quantitative estimate of drug-likeness (QED) is 0.803. The van der Waals surface area contributed by atoms with E-state index < -0.39 is 12.1 Å². The summed E-state index contributed by atoms with van der Waals surface area (Å²) in [4.78, 5) is 26.9. The number of hydrogen-bond donors (Lipinski definition) is 1. The second kappa shape index (κ2) is 8.29. The number of nitrogens with one attached hydrogen (secondary N) is 1. The van der Waals surface area contributed by atoms with Gasteiger partial charge in [-0.05, 0) is 70.4 Å². The van der Waals surface area contributed by atoms with Gasteiger partial charge in [0, 0.05) is 24.5 Å². The summed E-state index contributed by atoms with van der Waals surface area (Å²) in [6, 6.07) is 9.38. The molecule has 0 radical (unpaired) electrons. The lowest BCUT2D eigenvalue weighted by Gasteiger charge is -2.28. The number of hydrogen-bond acceptors (Lipinski definition) is 5. The number of rotatable bonds is 5. The fourth-order valence-electron chi connectivity index (χ4n) is 3.26. The van der Waals surface area contributed by atoms with Crippen LogP contribution in [-0.2, 0) is 9.53 Å². The highest BCUT2D eigenvalue weighted by atomic mass is 16.5. The summed E-state index contributed by atoms with van der Waals surface area (Å²) in [5, 5.41) is 2.79. The van der Waals surface area contributed by atoms with Crippen molar-refractivity contribution < 1.29 is 18.7 Å². The molecule has 1 saturated heterocycles. The number of anilines is 2. The fourth-order valence-corrected chi connectivity index (χ4v) is 3.26. The first kappa shape index (κ1) is 19.0. The summed E-state index contributed by atoms with van der Waals surface area (Å²) < 4.78 is 10.6. The second-order valence-corrected chi connectivity index (χ2v) is 6.96. The molecule has 1 amide bonds. The maximum absolute atomic E-state index is 12.3. The van der Waals surface area contributed by atoms with Gasteiger partial charge < -0.3 is 19.4 Å². The number of furan rings is 1. The minimum atomic E-state index is -0.908. The third-order valence-electron chi connectivity index (χ3n) is 4.77. The Morgan fingerprint density at radius 1 is 1.11 bits per heavy atom. The maximum Gasteiger partial charge on any atom is 0.342 e. The lowest BCUT2D eigenvalue weighted by Crippen LogP contribution is -2.30. The number of carbonyl (C=O) groups is 2. The fraction of sp³-hybridized carbons (Fsp3) is 0.429.